The first-order valence-corrected chi connectivity index (χ1v) is 48.7. The van der Waals surface area contributed by atoms with Gasteiger partial charge < -0.3 is 143 Å². The molecule has 4 fully saturated rings. The normalized spacial score (nSPS) is 22.9. The van der Waals surface area contributed by atoms with E-state index in [0.29, 0.717) is 0 Å². The van der Waals surface area contributed by atoms with Gasteiger partial charge in [-0.3, -0.25) is 95.9 Å². The van der Waals surface area contributed by atoms with Crippen LogP contribution in [0.5, 0.6) is 5.75 Å². The van der Waals surface area contributed by atoms with Crippen LogP contribution in [0.2, 0.25) is 0 Å². The highest BCUT2D eigenvalue weighted by atomic mass is 19.2. The average molecular weight is 2130 g/mol. The SMILES string of the molecule is CC(=O)N[C@H]1[C@H](OCCCCC(=O)NCCCNC(=O)CCOC2[C@H](OCCC(=O)NCCCNC(=O)CCCCO[C@@H]3O[C@H](COC(C)=O)[C@H](OC(C)=O)[C@H](OC(C)=O)[C@H]3NC(C)=O)CC(C(=O)NCCCCCC(=O)Oc3c(F)c(F)c(F)c(F)c3F)C[C@H]2OCCC(=O)NCCCNC(=O)CCCCO[C@@H]2O[C@H](COC(C)=O)[C@H](OC(C)=O)[C@H](OC(C)=O)[C@H]2NC(C)=O)O[C@H](COC(C)=O)[C@H](OC(C)=O)[C@@H]1OC(C)=O. The second kappa shape index (κ2) is 67.8. The molecule has 10 N–H and O–H groups in total. The summed E-state index contributed by atoms with van der Waals surface area (Å²) in [6, 6.07) is -3.63. The van der Waals surface area contributed by atoms with E-state index in [-0.39, 0.29) is 232 Å². The monoisotopic (exact) mass is 2130 g/mol. The number of benzene rings is 1. The first kappa shape index (κ1) is 126. The van der Waals surface area contributed by atoms with Crippen LogP contribution in [-0.4, -0.2) is 334 Å². The van der Waals surface area contributed by atoms with Gasteiger partial charge >= 0.3 is 59.7 Å². The van der Waals surface area contributed by atoms with E-state index >= 15 is 0 Å². The van der Waals surface area contributed by atoms with Crippen molar-refractivity contribution >= 4 is 119 Å². The number of esters is 10. The van der Waals surface area contributed by atoms with Crippen LogP contribution in [0, 0.1) is 35.0 Å². The number of carbonyl (C=O) groups is 20. The number of carbonyl (C=O) groups excluding carboxylic acids is 20. The molecule has 3 saturated heterocycles. The van der Waals surface area contributed by atoms with E-state index < -0.39 is 278 Å². The van der Waals surface area contributed by atoms with E-state index in [1.54, 1.807) is 0 Å². The number of nitrogens with one attached hydrogen (secondary N) is 10. The lowest BCUT2D eigenvalue weighted by Gasteiger charge is -2.44. The standard InChI is InChI=1S/C94H139F5N10O39/c1-50(110)107-80-88(142-59(10)119)84(139-56(7)116)65(47-136-53(4)113)145-92(80)133-39-19-15-25-68(122)100-33-22-36-103-71(125)29-42-130-63-45-62(91(129)106-32-18-13-14-28-74(128)148-87-78(98)76(96)75(95)77(97)79(87)99)46-64(131-43-30-72(126)104-37-23-34-101-69(123)26-16-20-40-134-93-81(108-51(2)111)89(143-60(11)120)85(140-57(8)117)66(146-93)48-137-54(5)114)83(63)132-44-31-73(127)105-38-24-35-102-70(124)27-17-21-41-135-94-82(109-52(3)112)90(144-61(12)121)86(141-58(9)118)67(147-94)49-138-55(6)115/h62-67,80-86,88-90,92-94H,13-49H2,1-12H3,(H,100,122)(H,101,123)(H,102,124)(H,103,125)(H,104,126)(H,105,127)(H,106,129)(H,107,110)(H,108,111)(H,109,112)/t62?,63-,64-,65-,66-,67-,80-,81-,82-,83?,84+,85+,86+,88-,89-,90-,92-,93-,94-/m1/s1. The predicted molar refractivity (Wildman–Crippen MR) is 492 cm³/mol. The maximum Gasteiger partial charge on any atom is 0.311 e. The Labute approximate surface area is 850 Å². The Morgan fingerprint density at radius 3 is 0.831 bits per heavy atom. The predicted octanol–water partition coefficient (Wildman–Crippen LogP) is 1.10. The zero-order chi connectivity index (χ0) is 110. The van der Waals surface area contributed by atoms with Crippen molar-refractivity contribution in [3.8, 4) is 5.75 Å². The number of halogens is 5. The second-order valence-electron chi connectivity index (χ2n) is 34.9. The summed E-state index contributed by atoms with van der Waals surface area (Å²) < 4.78 is 178. The lowest BCUT2D eigenvalue weighted by molar-refractivity contribution is -0.277. The van der Waals surface area contributed by atoms with Gasteiger partial charge in [0.25, 0.3) is 0 Å². The molecule has 0 radical (unpaired) electrons. The van der Waals surface area contributed by atoms with E-state index in [0.717, 1.165) is 62.3 Å². The average Bonchev–Trinajstić information content (AvgIpc) is 0.791. The molecule has 148 heavy (non-hydrogen) atoms. The molecule has 0 bridgehead atoms. The van der Waals surface area contributed by atoms with Gasteiger partial charge in [-0.05, 0) is 83.5 Å². The summed E-state index contributed by atoms with van der Waals surface area (Å²) in [6.45, 7) is 11.7. The minimum atomic E-state index is -2.46. The van der Waals surface area contributed by atoms with Crippen molar-refractivity contribution in [1.82, 2.24) is 53.2 Å². The van der Waals surface area contributed by atoms with Crippen LogP contribution in [0.1, 0.15) is 218 Å². The minimum Gasteiger partial charge on any atom is -0.463 e. The topological polar surface area (TPSA) is 637 Å². The molecule has 834 valence electrons. The van der Waals surface area contributed by atoms with Gasteiger partial charge in [-0.15, -0.1) is 0 Å². The Kier molecular flexibility index (Phi) is 57.9. The molecular weight excluding hydrogens is 1990 g/mol. The van der Waals surface area contributed by atoms with E-state index in [9.17, 15) is 118 Å². The maximum absolute atomic E-state index is 14.3. The highest BCUT2D eigenvalue weighted by Crippen LogP contribution is 2.36. The van der Waals surface area contributed by atoms with Gasteiger partial charge in [0.05, 0.1) is 32.0 Å². The number of hydrogen-bond donors (Lipinski definition) is 10. The number of amides is 10. The molecule has 0 unspecified atom stereocenters. The third-order valence-corrected chi connectivity index (χ3v) is 22.3. The Morgan fingerprint density at radius 2 is 0.541 bits per heavy atom. The largest absolute Gasteiger partial charge is 0.463 e. The molecule has 1 aromatic rings. The van der Waals surface area contributed by atoms with Crippen LogP contribution < -0.4 is 57.9 Å². The molecular formula is C94H139F5N10O39. The molecule has 49 nitrogen and oxygen atoms in total. The summed E-state index contributed by atoms with van der Waals surface area (Å²) in [4.78, 5) is 252. The van der Waals surface area contributed by atoms with Crippen LogP contribution in [0.25, 0.3) is 0 Å². The molecule has 17 atom stereocenters. The Morgan fingerprint density at radius 1 is 0.270 bits per heavy atom. The van der Waals surface area contributed by atoms with Crippen molar-refractivity contribution in [3.63, 3.8) is 0 Å². The highest BCUT2D eigenvalue weighted by Gasteiger charge is 2.55. The fraction of sp³-hybridized carbons (Fsp3) is 0.723. The molecule has 3 heterocycles. The van der Waals surface area contributed by atoms with Crippen molar-refractivity contribution in [2.75, 3.05) is 105 Å². The molecule has 1 aromatic carbocycles. The third kappa shape index (κ3) is 48.0. The molecule has 1 aliphatic carbocycles. The molecule has 0 spiro atoms. The van der Waals surface area contributed by atoms with E-state index in [1.165, 1.54) is 20.8 Å². The number of ether oxygens (including phenoxy) is 19. The number of hydrogen-bond acceptors (Lipinski definition) is 39. The Hall–Kier alpha value is -12.1. The summed E-state index contributed by atoms with van der Waals surface area (Å²) in [5.74, 6) is -27.6. The molecule has 4 aliphatic rings. The second-order valence-corrected chi connectivity index (χ2v) is 34.9. The van der Waals surface area contributed by atoms with Crippen molar-refractivity contribution in [2.45, 2.75) is 328 Å². The molecule has 10 amide bonds. The minimum absolute atomic E-state index is 0.0171. The van der Waals surface area contributed by atoms with Crippen molar-refractivity contribution in [3.05, 3.63) is 29.1 Å². The maximum atomic E-state index is 14.3. The van der Waals surface area contributed by atoms with Crippen LogP contribution in [0.4, 0.5) is 22.0 Å². The van der Waals surface area contributed by atoms with Crippen LogP contribution in [-0.2, 0) is 181 Å². The molecule has 5 rings (SSSR count). The highest BCUT2D eigenvalue weighted by molar-refractivity contribution is 5.81. The smallest absolute Gasteiger partial charge is 0.311 e. The number of rotatable bonds is 65. The fourth-order valence-electron chi connectivity index (χ4n) is 15.8. The van der Waals surface area contributed by atoms with E-state index in [2.05, 4.69) is 57.9 Å². The number of unbranched alkanes of at least 4 members (excludes halogenated alkanes) is 5. The summed E-state index contributed by atoms with van der Waals surface area (Å²) in [7, 11) is 0. The Bertz CT molecular complexity index is 4410. The van der Waals surface area contributed by atoms with Gasteiger partial charge in [0.1, 0.15) is 62.4 Å². The summed E-state index contributed by atoms with van der Waals surface area (Å²) in [5.41, 5.74) is 0. The summed E-state index contributed by atoms with van der Waals surface area (Å²) in [5, 5.41) is 27.2. The van der Waals surface area contributed by atoms with Crippen molar-refractivity contribution < 1.29 is 208 Å². The molecule has 3 aliphatic heterocycles. The molecule has 54 heteroatoms. The first-order valence-electron chi connectivity index (χ1n) is 48.7. The van der Waals surface area contributed by atoms with E-state index in [1.807, 2.05) is 0 Å². The van der Waals surface area contributed by atoms with Gasteiger partial charge in [-0.2, -0.15) is 8.78 Å². The van der Waals surface area contributed by atoms with Crippen molar-refractivity contribution in [1.29, 1.82) is 0 Å². The quantitative estimate of drug-likeness (QED) is 0.00830. The van der Waals surface area contributed by atoms with Crippen LogP contribution >= 0.6 is 0 Å². The van der Waals surface area contributed by atoms with Gasteiger partial charge in [0, 0.05) is 200 Å². The lowest BCUT2D eigenvalue weighted by Crippen LogP contribution is -2.66. The van der Waals surface area contributed by atoms with Gasteiger partial charge in [0.2, 0.25) is 93.9 Å². The van der Waals surface area contributed by atoms with Crippen molar-refractivity contribution in [2.24, 2.45) is 5.92 Å². The first-order chi connectivity index (χ1) is 70.2. The van der Waals surface area contributed by atoms with Gasteiger partial charge in [-0.1, -0.05) is 6.42 Å². The molecule has 0 aromatic heterocycles. The fourth-order valence-corrected chi connectivity index (χ4v) is 15.8. The van der Waals surface area contributed by atoms with Crippen LogP contribution in [0.3, 0.4) is 0 Å². The van der Waals surface area contributed by atoms with Crippen LogP contribution in [0.15, 0.2) is 0 Å². The summed E-state index contributed by atoms with van der Waals surface area (Å²) >= 11 is 0. The van der Waals surface area contributed by atoms with E-state index in [4.69, 9.17) is 85.3 Å². The zero-order valence-electron chi connectivity index (χ0n) is 84.9. The van der Waals surface area contributed by atoms with Gasteiger partial charge in [-0.25, -0.2) is 13.2 Å². The zero-order valence-corrected chi connectivity index (χ0v) is 84.9. The lowest BCUT2D eigenvalue weighted by atomic mass is 9.82. The summed E-state index contributed by atoms with van der Waals surface area (Å²) in [6.07, 6.45) is -17.7. The third-order valence-electron chi connectivity index (χ3n) is 22.3. The molecule has 1 saturated carbocycles. The van der Waals surface area contributed by atoms with Gasteiger partial charge in [0.15, 0.2) is 55.5 Å². The Balaban J connectivity index is 1.22.